The average Bonchev–Trinajstić information content (AvgIpc) is 3.02. The lowest BCUT2D eigenvalue weighted by molar-refractivity contribution is 0.0821. The van der Waals surface area contributed by atoms with Crippen LogP contribution in [0.3, 0.4) is 0 Å². The molecule has 4 heteroatoms. The molecule has 0 fully saturated rings. The standard InChI is InChI=1S/C16H14O4/c1-9-12(5-6-20-9)15(17)14-7-10-3-4-11(19-2)8-13(10)16(14)18/h3-6,8,14H,7H2,1-2H3. The van der Waals surface area contributed by atoms with E-state index in [0.29, 0.717) is 29.1 Å². The van der Waals surface area contributed by atoms with E-state index in [0.717, 1.165) is 5.56 Å². The number of benzene rings is 1. The van der Waals surface area contributed by atoms with Crippen molar-refractivity contribution in [2.45, 2.75) is 13.3 Å². The molecule has 102 valence electrons. The number of furan rings is 1. The van der Waals surface area contributed by atoms with Crippen LogP contribution in [0.5, 0.6) is 5.75 Å². The Morgan fingerprint density at radius 2 is 2.15 bits per heavy atom. The molecular weight excluding hydrogens is 256 g/mol. The number of aryl methyl sites for hydroxylation is 1. The van der Waals surface area contributed by atoms with Crippen LogP contribution in [-0.2, 0) is 6.42 Å². The van der Waals surface area contributed by atoms with Crippen LogP contribution in [0.4, 0.5) is 0 Å². The molecule has 0 amide bonds. The van der Waals surface area contributed by atoms with Gasteiger partial charge < -0.3 is 9.15 Å². The quantitative estimate of drug-likeness (QED) is 0.635. The highest BCUT2D eigenvalue weighted by molar-refractivity contribution is 6.19. The first kappa shape index (κ1) is 12.7. The van der Waals surface area contributed by atoms with Gasteiger partial charge in [-0.15, -0.1) is 0 Å². The minimum Gasteiger partial charge on any atom is -0.497 e. The van der Waals surface area contributed by atoms with Crippen LogP contribution >= 0.6 is 0 Å². The van der Waals surface area contributed by atoms with Gasteiger partial charge in [-0.05, 0) is 37.1 Å². The van der Waals surface area contributed by atoms with E-state index in [1.165, 1.54) is 6.26 Å². The monoisotopic (exact) mass is 270 g/mol. The van der Waals surface area contributed by atoms with Crippen molar-refractivity contribution in [3.8, 4) is 5.75 Å². The molecule has 1 heterocycles. The van der Waals surface area contributed by atoms with Gasteiger partial charge in [-0.25, -0.2) is 0 Å². The highest BCUT2D eigenvalue weighted by Gasteiger charge is 2.37. The summed E-state index contributed by atoms with van der Waals surface area (Å²) in [4.78, 5) is 24.9. The number of hydrogen-bond acceptors (Lipinski definition) is 4. The van der Waals surface area contributed by atoms with E-state index < -0.39 is 5.92 Å². The van der Waals surface area contributed by atoms with Gasteiger partial charge in [-0.3, -0.25) is 9.59 Å². The maximum absolute atomic E-state index is 12.5. The van der Waals surface area contributed by atoms with Crippen LogP contribution in [0, 0.1) is 12.8 Å². The molecule has 4 nitrogen and oxygen atoms in total. The Morgan fingerprint density at radius 3 is 2.80 bits per heavy atom. The SMILES string of the molecule is COc1ccc2c(c1)C(=O)C(C(=O)c1ccoc1C)C2. The van der Waals surface area contributed by atoms with Crippen molar-refractivity contribution in [3.63, 3.8) is 0 Å². The van der Waals surface area contributed by atoms with Crippen LogP contribution in [0.25, 0.3) is 0 Å². The summed E-state index contributed by atoms with van der Waals surface area (Å²) in [5, 5.41) is 0. The number of ketones is 2. The van der Waals surface area contributed by atoms with E-state index in [9.17, 15) is 9.59 Å². The smallest absolute Gasteiger partial charge is 0.177 e. The number of hydrogen-bond donors (Lipinski definition) is 0. The van der Waals surface area contributed by atoms with E-state index in [1.54, 1.807) is 26.2 Å². The number of Topliss-reactive ketones (excluding diaryl/α,β-unsaturated/α-hetero) is 2. The van der Waals surface area contributed by atoms with E-state index in [4.69, 9.17) is 9.15 Å². The second-order valence-electron chi connectivity index (χ2n) is 4.90. The number of rotatable bonds is 3. The molecule has 1 aromatic heterocycles. The average molecular weight is 270 g/mol. The van der Waals surface area contributed by atoms with Crippen LogP contribution < -0.4 is 4.74 Å². The summed E-state index contributed by atoms with van der Waals surface area (Å²) in [7, 11) is 1.55. The Bertz CT molecular complexity index is 696. The highest BCUT2D eigenvalue weighted by atomic mass is 16.5. The fraction of sp³-hybridized carbons (Fsp3) is 0.250. The maximum atomic E-state index is 12.5. The van der Waals surface area contributed by atoms with Crippen LogP contribution in [0.2, 0.25) is 0 Å². The Morgan fingerprint density at radius 1 is 1.35 bits per heavy atom. The third-order valence-corrected chi connectivity index (χ3v) is 3.76. The first-order valence-corrected chi connectivity index (χ1v) is 6.41. The van der Waals surface area contributed by atoms with E-state index >= 15 is 0 Å². The second kappa shape index (κ2) is 4.63. The summed E-state index contributed by atoms with van der Waals surface area (Å²) >= 11 is 0. The van der Waals surface area contributed by atoms with E-state index in [2.05, 4.69) is 0 Å². The fourth-order valence-electron chi connectivity index (χ4n) is 2.63. The highest BCUT2D eigenvalue weighted by Crippen LogP contribution is 2.32. The largest absolute Gasteiger partial charge is 0.497 e. The number of ether oxygens (including phenoxy) is 1. The molecule has 0 radical (unpaired) electrons. The van der Waals surface area contributed by atoms with Crippen molar-refractivity contribution >= 4 is 11.6 Å². The lowest BCUT2D eigenvalue weighted by Crippen LogP contribution is -2.21. The molecule has 0 aliphatic heterocycles. The van der Waals surface area contributed by atoms with Gasteiger partial charge in [-0.1, -0.05) is 6.07 Å². The first-order chi connectivity index (χ1) is 9.61. The van der Waals surface area contributed by atoms with Gasteiger partial charge in [0.15, 0.2) is 11.6 Å². The molecule has 0 bridgehead atoms. The summed E-state index contributed by atoms with van der Waals surface area (Å²) in [5.41, 5.74) is 1.97. The number of carbonyl (C=O) groups excluding carboxylic acids is 2. The lowest BCUT2D eigenvalue weighted by Gasteiger charge is -2.05. The molecule has 2 aromatic rings. The molecule has 0 saturated heterocycles. The number of methoxy groups -OCH3 is 1. The van der Waals surface area contributed by atoms with Crippen molar-refractivity contribution in [1.29, 1.82) is 0 Å². The van der Waals surface area contributed by atoms with Gasteiger partial charge in [0, 0.05) is 5.56 Å². The first-order valence-electron chi connectivity index (χ1n) is 6.41. The Kier molecular flexibility index (Phi) is 2.93. The van der Waals surface area contributed by atoms with Gasteiger partial charge in [-0.2, -0.15) is 0 Å². The van der Waals surface area contributed by atoms with E-state index in [1.807, 2.05) is 12.1 Å². The van der Waals surface area contributed by atoms with Gasteiger partial charge in [0.05, 0.1) is 24.9 Å². The third kappa shape index (κ3) is 1.84. The van der Waals surface area contributed by atoms with Gasteiger partial charge >= 0.3 is 0 Å². The number of fused-ring (bicyclic) bond motifs is 1. The van der Waals surface area contributed by atoms with Crippen LogP contribution in [-0.4, -0.2) is 18.7 Å². The molecule has 0 saturated carbocycles. The molecule has 0 N–H and O–H groups in total. The molecule has 1 unspecified atom stereocenters. The summed E-state index contributed by atoms with van der Waals surface area (Å²) in [6, 6.07) is 6.98. The van der Waals surface area contributed by atoms with Crippen molar-refractivity contribution < 1.29 is 18.7 Å². The summed E-state index contributed by atoms with van der Waals surface area (Å²) < 4.78 is 10.3. The maximum Gasteiger partial charge on any atom is 0.177 e. The topological polar surface area (TPSA) is 56.5 Å². The third-order valence-electron chi connectivity index (χ3n) is 3.76. The normalized spacial score (nSPS) is 17.1. The number of carbonyl (C=O) groups is 2. The van der Waals surface area contributed by atoms with Crippen molar-refractivity contribution in [1.82, 2.24) is 0 Å². The Labute approximate surface area is 116 Å². The molecule has 1 aliphatic rings. The molecule has 0 spiro atoms. The van der Waals surface area contributed by atoms with Gasteiger partial charge in [0.1, 0.15) is 11.5 Å². The van der Waals surface area contributed by atoms with E-state index in [-0.39, 0.29) is 11.6 Å². The molecule has 1 aromatic carbocycles. The van der Waals surface area contributed by atoms with Gasteiger partial charge in [0.2, 0.25) is 0 Å². The molecular formula is C16H14O4. The molecule has 1 aliphatic carbocycles. The Balaban J connectivity index is 1.94. The summed E-state index contributed by atoms with van der Waals surface area (Å²) in [5.74, 6) is 0.232. The zero-order chi connectivity index (χ0) is 14.3. The minimum atomic E-state index is -0.645. The van der Waals surface area contributed by atoms with Crippen molar-refractivity contribution in [2.75, 3.05) is 7.11 Å². The fourth-order valence-corrected chi connectivity index (χ4v) is 2.63. The minimum absolute atomic E-state index is 0.135. The summed E-state index contributed by atoms with van der Waals surface area (Å²) in [6.45, 7) is 1.73. The molecule has 20 heavy (non-hydrogen) atoms. The zero-order valence-electron chi connectivity index (χ0n) is 11.3. The second-order valence-corrected chi connectivity index (χ2v) is 4.90. The van der Waals surface area contributed by atoms with Gasteiger partial charge in [0.25, 0.3) is 0 Å². The van der Waals surface area contributed by atoms with Crippen LogP contribution in [0.1, 0.15) is 32.0 Å². The van der Waals surface area contributed by atoms with Crippen LogP contribution in [0.15, 0.2) is 34.9 Å². The predicted molar refractivity (Wildman–Crippen MR) is 72.3 cm³/mol. The van der Waals surface area contributed by atoms with Crippen molar-refractivity contribution in [2.24, 2.45) is 5.92 Å². The Hall–Kier alpha value is -2.36. The predicted octanol–water partition coefficient (Wildman–Crippen LogP) is 2.83. The molecule has 1 atom stereocenters. The molecule has 3 rings (SSSR count). The van der Waals surface area contributed by atoms with Crippen molar-refractivity contribution in [3.05, 3.63) is 53.0 Å². The lowest BCUT2D eigenvalue weighted by atomic mass is 9.94. The summed E-state index contributed by atoms with van der Waals surface area (Å²) in [6.07, 6.45) is 1.92. The zero-order valence-corrected chi connectivity index (χ0v) is 11.3.